The predicted molar refractivity (Wildman–Crippen MR) is 44.4 cm³/mol. The molecule has 2 rings (SSSR count). The molecule has 2 fully saturated rings. The second-order valence-corrected chi connectivity index (χ2v) is 4.88. The average molecular weight is 155 g/mol. The molecule has 2 heterocycles. The van der Waals surface area contributed by atoms with Gasteiger partial charge in [-0.1, -0.05) is 6.92 Å². The topological polar surface area (TPSA) is 23.5 Å². The average Bonchev–Trinajstić information content (AvgIpc) is 2.36. The van der Waals surface area contributed by atoms with Gasteiger partial charge < -0.3 is 5.11 Å². The highest BCUT2D eigenvalue weighted by atomic mass is 16.3. The van der Waals surface area contributed by atoms with Gasteiger partial charge in [-0.25, -0.2) is 0 Å². The maximum Gasteiger partial charge on any atom is 0.0784 e. The molecule has 0 aromatic rings. The van der Waals surface area contributed by atoms with Gasteiger partial charge in [0.05, 0.1) is 6.10 Å². The third kappa shape index (κ3) is 0.744. The standard InChI is InChI=1S/C9H17NO/c1-8(2)7(11)9(3)4-5-10(8)6-9/h7,11H,4-6H2,1-3H3. The van der Waals surface area contributed by atoms with Gasteiger partial charge in [0.1, 0.15) is 0 Å². The van der Waals surface area contributed by atoms with Crippen molar-refractivity contribution in [1.82, 2.24) is 4.90 Å². The smallest absolute Gasteiger partial charge is 0.0784 e. The van der Waals surface area contributed by atoms with E-state index in [4.69, 9.17) is 0 Å². The number of rotatable bonds is 0. The zero-order chi connectivity index (χ0) is 8.28. The van der Waals surface area contributed by atoms with Gasteiger partial charge in [0.2, 0.25) is 0 Å². The summed E-state index contributed by atoms with van der Waals surface area (Å²) in [7, 11) is 0. The number of hydrogen-bond acceptors (Lipinski definition) is 2. The van der Waals surface area contributed by atoms with Crippen LogP contribution in [0.3, 0.4) is 0 Å². The first-order valence-corrected chi connectivity index (χ1v) is 4.40. The Morgan fingerprint density at radius 3 is 2.27 bits per heavy atom. The fraction of sp³-hybridized carbons (Fsp3) is 1.00. The SMILES string of the molecule is CC12CCN(C1)C(C)(C)C2O. The van der Waals surface area contributed by atoms with E-state index < -0.39 is 0 Å². The van der Waals surface area contributed by atoms with Crippen molar-refractivity contribution in [2.24, 2.45) is 5.41 Å². The molecule has 0 aromatic heterocycles. The van der Waals surface area contributed by atoms with Gasteiger partial charge in [-0.15, -0.1) is 0 Å². The fourth-order valence-corrected chi connectivity index (χ4v) is 2.73. The van der Waals surface area contributed by atoms with Crippen molar-refractivity contribution < 1.29 is 5.11 Å². The molecule has 0 saturated carbocycles. The molecular formula is C9H17NO. The van der Waals surface area contributed by atoms with E-state index in [1.165, 1.54) is 6.54 Å². The lowest BCUT2D eigenvalue weighted by molar-refractivity contribution is -0.0165. The van der Waals surface area contributed by atoms with Crippen LogP contribution < -0.4 is 0 Å². The van der Waals surface area contributed by atoms with Crippen LogP contribution in [-0.2, 0) is 0 Å². The Morgan fingerprint density at radius 1 is 1.36 bits per heavy atom. The zero-order valence-electron chi connectivity index (χ0n) is 7.59. The molecular weight excluding hydrogens is 138 g/mol. The Morgan fingerprint density at radius 2 is 2.00 bits per heavy atom. The molecule has 2 aliphatic heterocycles. The summed E-state index contributed by atoms with van der Waals surface area (Å²) in [6, 6.07) is 0. The van der Waals surface area contributed by atoms with Crippen LogP contribution in [-0.4, -0.2) is 34.7 Å². The first-order valence-electron chi connectivity index (χ1n) is 4.40. The van der Waals surface area contributed by atoms with Crippen molar-refractivity contribution in [3.8, 4) is 0 Å². The lowest BCUT2D eigenvalue weighted by atomic mass is 9.77. The van der Waals surface area contributed by atoms with Crippen molar-refractivity contribution in [3.63, 3.8) is 0 Å². The third-order valence-electron chi connectivity index (χ3n) is 3.65. The van der Waals surface area contributed by atoms with Crippen LogP contribution in [0.5, 0.6) is 0 Å². The number of hydrogen-bond donors (Lipinski definition) is 1. The van der Waals surface area contributed by atoms with E-state index in [9.17, 15) is 5.11 Å². The summed E-state index contributed by atoms with van der Waals surface area (Å²) in [5, 5.41) is 9.96. The molecule has 2 heteroatoms. The van der Waals surface area contributed by atoms with Gasteiger partial charge >= 0.3 is 0 Å². The van der Waals surface area contributed by atoms with E-state index in [0.29, 0.717) is 0 Å². The van der Waals surface area contributed by atoms with E-state index in [0.717, 1.165) is 13.0 Å². The van der Waals surface area contributed by atoms with Crippen molar-refractivity contribution in [2.45, 2.75) is 38.8 Å². The Bertz CT molecular complexity index is 185. The van der Waals surface area contributed by atoms with Crippen LogP contribution in [0.1, 0.15) is 27.2 Å². The van der Waals surface area contributed by atoms with Gasteiger partial charge in [-0.3, -0.25) is 4.90 Å². The number of fused-ring (bicyclic) bond motifs is 2. The van der Waals surface area contributed by atoms with Crippen LogP contribution >= 0.6 is 0 Å². The molecule has 1 N–H and O–H groups in total. The Kier molecular flexibility index (Phi) is 1.24. The van der Waals surface area contributed by atoms with Crippen LogP contribution in [0.4, 0.5) is 0 Å². The number of aliphatic hydroxyl groups excluding tert-OH is 1. The highest BCUT2D eigenvalue weighted by Crippen LogP contribution is 2.48. The monoisotopic (exact) mass is 155 g/mol. The number of piperidine rings is 1. The molecule has 2 bridgehead atoms. The predicted octanol–water partition coefficient (Wildman–Crippen LogP) is 0.852. The summed E-state index contributed by atoms with van der Waals surface area (Å²) in [6.45, 7) is 8.73. The van der Waals surface area contributed by atoms with Crippen molar-refractivity contribution in [3.05, 3.63) is 0 Å². The fourth-order valence-electron chi connectivity index (χ4n) is 2.73. The van der Waals surface area contributed by atoms with Crippen LogP contribution in [0, 0.1) is 5.41 Å². The quantitative estimate of drug-likeness (QED) is 0.560. The Balaban J connectivity index is 2.34. The molecule has 64 valence electrons. The van der Waals surface area contributed by atoms with Gasteiger partial charge in [0, 0.05) is 17.5 Å². The van der Waals surface area contributed by atoms with Gasteiger partial charge in [-0.2, -0.15) is 0 Å². The summed E-state index contributed by atoms with van der Waals surface area (Å²) in [6.07, 6.45) is 1.03. The van der Waals surface area contributed by atoms with Crippen LogP contribution in [0.15, 0.2) is 0 Å². The summed E-state index contributed by atoms with van der Waals surface area (Å²) in [5.74, 6) is 0. The minimum Gasteiger partial charge on any atom is -0.391 e. The normalized spacial score (nSPS) is 53.5. The largest absolute Gasteiger partial charge is 0.391 e. The first kappa shape index (κ1) is 7.56. The van der Waals surface area contributed by atoms with Crippen molar-refractivity contribution >= 4 is 0 Å². The summed E-state index contributed by atoms with van der Waals surface area (Å²) < 4.78 is 0. The van der Waals surface area contributed by atoms with E-state index >= 15 is 0 Å². The Hall–Kier alpha value is -0.0800. The summed E-state index contributed by atoms with van der Waals surface area (Å²) in [4.78, 5) is 2.40. The lowest BCUT2D eigenvalue weighted by Crippen LogP contribution is -2.50. The van der Waals surface area contributed by atoms with Gasteiger partial charge in [0.15, 0.2) is 0 Å². The van der Waals surface area contributed by atoms with Crippen molar-refractivity contribution in [2.75, 3.05) is 13.1 Å². The van der Waals surface area contributed by atoms with E-state index in [1.54, 1.807) is 0 Å². The van der Waals surface area contributed by atoms with Crippen molar-refractivity contribution in [1.29, 1.82) is 0 Å². The molecule has 0 aliphatic carbocycles. The second kappa shape index (κ2) is 1.80. The molecule has 2 saturated heterocycles. The minimum absolute atomic E-state index is 0.0208. The minimum atomic E-state index is -0.135. The van der Waals surface area contributed by atoms with Crippen LogP contribution in [0.25, 0.3) is 0 Å². The maximum absolute atomic E-state index is 9.96. The zero-order valence-corrected chi connectivity index (χ0v) is 7.59. The Labute approximate surface area is 68.2 Å². The van der Waals surface area contributed by atoms with Crippen LogP contribution in [0.2, 0.25) is 0 Å². The summed E-state index contributed by atoms with van der Waals surface area (Å²) in [5.41, 5.74) is 0.205. The highest BCUT2D eigenvalue weighted by Gasteiger charge is 2.57. The molecule has 2 aliphatic rings. The first-order chi connectivity index (χ1) is 4.97. The molecule has 11 heavy (non-hydrogen) atoms. The lowest BCUT2D eigenvalue weighted by Gasteiger charge is -2.39. The molecule has 0 radical (unpaired) electrons. The van der Waals surface area contributed by atoms with E-state index in [1.807, 2.05) is 0 Å². The highest BCUT2D eigenvalue weighted by molar-refractivity contribution is 5.11. The molecule has 3 atom stereocenters. The summed E-state index contributed by atoms with van der Waals surface area (Å²) >= 11 is 0. The van der Waals surface area contributed by atoms with Gasteiger partial charge in [0.25, 0.3) is 0 Å². The number of nitrogens with zero attached hydrogens (tertiary/aromatic N) is 1. The van der Waals surface area contributed by atoms with Gasteiger partial charge in [-0.05, 0) is 26.8 Å². The molecule has 0 amide bonds. The second-order valence-electron chi connectivity index (χ2n) is 4.88. The van der Waals surface area contributed by atoms with E-state index in [2.05, 4.69) is 25.7 Å². The molecule has 3 unspecified atom stereocenters. The number of aliphatic hydroxyl groups is 1. The van der Waals surface area contributed by atoms with E-state index in [-0.39, 0.29) is 17.1 Å². The molecule has 0 spiro atoms. The molecule has 2 nitrogen and oxygen atoms in total. The molecule has 0 aromatic carbocycles. The maximum atomic E-state index is 9.96. The third-order valence-corrected chi connectivity index (χ3v) is 3.65.